The van der Waals surface area contributed by atoms with Crippen molar-refractivity contribution in [2.45, 2.75) is 18.8 Å². The summed E-state index contributed by atoms with van der Waals surface area (Å²) in [5.41, 5.74) is 8.19. The van der Waals surface area contributed by atoms with Crippen LogP contribution in [0.3, 0.4) is 0 Å². The first-order valence-electron chi connectivity index (χ1n) is 18.6. The van der Waals surface area contributed by atoms with E-state index in [2.05, 4.69) is 179 Å². The molecule has 4 nitrogen and oxygen atoms in total. The first-order chi connectivity index (χ1) is 26.8. The Morgan fingerprint density at radius 2 is 1.15 bits per heavy atom. The van der Waals surface area contributed by atoms with Crippen molar-refractivity contribution in [1.82, 2.24) is 9.13 Å². The fourth-order valence-corrected chi connectivity index (χ4v) is 9.66. The molecule has 1 unspecified atom stereocenters. The molecule has 0 bridgehead atoms. The normalized spacial score (nSPS) is 16.2. The third kappa shape index (κ3) is 4.89. The van der Waals surface area contributed by atoms with Crippen LogP contribution in [0.25, 0.3) is 75.3 Å². The van der Waals surface area contributed by atoms with Gasteiger partial charge in [0.15, 0.2) is 5.84 Å². The fraction of sp³-hybridized carbons (Fsp3) is 0.0612. The number of fused-ring (bicyclic) bond motifs is 9. The lowest BCUT2D eigenvalue weighted by molar-refractivity contribution is 0.793. The van der Waals surface area contributed by atoms with Gasteiger partial charge in [0.1, 0.15) is 5.82 Å². The number of benzene rings is 7. The largest absolute Gasteiger partial charge is 0.309 e. The molecule has 0 N–H and O–H groups in total. The van der Waals surface area contributed by atoms with Crippen LogP contribution in [0, 0.1) is 0 Å². The second-order valence-corrected chi connectivity index (χ2v) is 15.2. The SMILES string of the molecule is C1=NC(c2ccccc2)=N/C(n2c3ccccc3c3cc4sc5cccc(-n6c7ccccc7c7ccccc76)c5c4cc32)=C\CCC1c1ccccc1. The van der Waals surface area contributed by atoms with Crippen molar-refractivity contribution in [3.8, 4) is 5.69 Å². The summed E-state index contributed by atoms with van der Waals surface area (Å²) < 4.78 is 7.39. The topological polar surface area (TPSA) is 34.6 Å². The molecule has 256 valence electrons. The van der Waals surface area contributed by atoms with E-state index >= 15 is 0 Å². The first kappa shape index (κ1) is 31.0. The number of aliphatic imine (C=N–C) groups is 2. The average Bonchev–Trinajstić information content (AvgIpc) is 3.90. The number of allylic oxidation sites excluding steroid dienone is 1. The van der Waals surface area contributed by atoms with Crippen molar-refractivity contribution in [2.75, 3.05) is 0 Å². The van der Waals surface area contributed by atoms with Crippen LogP contribution in [-0.4, -0.2) is 21.2 Å². The molecular weight excluding hydrogens is 677 g/mol. The predicted molar refractivity (Wildman–Crippen MR) is 231 cm³/mol. The van der Waals surface area contributed by atoms with Crippen LogP contribution < -0.4 is 0 Å². The van der Waals surface area contributed by atoms with Gasteiger partial charge in [-0.05, 0) is 66.9 Å². The number of hydrogen-bond acceptors (Lipinski definition) is 3. The molecule has 1 aliphatic heterocycles. The van der Waals surface area contributed by atoms with Crippen molar-refractivity contribution in [2.24, 2.45) is 9.98 Å². The number of nitrogens with zero attached hydrogens (tertiary/aromatic N) is 4. The number of hydrogen-bond donors (Lipinski definition) is 0. The molecule has 0 fully saturated rings. The molecule has 0 saturated carbocycles. The number of amidine groups is 1. The summed E-state index contributed by atoms with van der Waals surface area (Å²) in [6.45, 7) is 0. The van der Waals surface area contributed by atoms with Gasteiger partial charge in [-0.1, -0.05) is 121 Å². The Bertz CT molecular complexity index is 3110. The Morgan fingerprint density at radius 1 is 0.519 bits per heavy atom. The number of thiophene rings is 1. The monoisotopic (exact) mass is 710 g/mol. The molecule has 0 amide bonds. The van der Waals surface area contributed by atoms with E-state index in [1.54, 1.807) is 0 Å². The van der Waals surface area contributed by atoms with Crippen molar-refractivity contribution in [3.05, 3.63) is 181 Å². The highest BCUT2D eigenvalue weighted by Gasteiger charge is 2.21. The molecule has 1 aliphatic rings. The van der Waals surface area contributed by atoms with Crippen LogP contribution >= 0.6 is 11.3 Å². The van der Waals surface area contributed by atoms with Gasteiger partial charge in [-0.2, -0.15) is 0 Å². The van der Waals surface area contributed by atoms with Gasteiger partial charge in [-0.25, -0.2) is 9.98 Å². The van der Waals surface area contributed by atoms with Crippen LogP contribution in [0.15, 0.2) is 180 Å². The van der Waals surface area contributed by atoms with Gasteiger partial charge in [0.05, 0.1) is 27.8 Å². The van der Waals surface area contributed by atoms with Crippen LogP contribution in [-0.2, 0) is 0 Å². The first-order valence-corrected chi connectivity index (χ1v) is 19.4. The summed E-state index contributed by atoms with van der Waals surface area (Å²) in [6.07, 6.45) is 6.22. The minimum absolute atomic E-state index is 0.185. The molecule has 10 aromatic rings. The highest BCUT2D eigenvalue weighted by atomic mass is 32.1. The standard InChI is InChI=1S/C49H34N4S/c1-3-15-32(16-4-1)34-19-13-28-47(51-49(50-31-34)33-17-5-2-6-18-33)53-42-25-12-9-22-37(42)38-30-46-39(29-44(38)53)48-43(26-14-27-45(48)54-46)52-40-23-10-7-20-35(40)36-21-8-11-24-41(36)52/h1-12,14-18,20-31,34H,13,19H2/b47-28+,50-31?,51-49?. The van der Waals surface area contributed by atoms with E-state index in [0.717, 1.165) is 35.3 Å². The second-order valence-electron chi connectivity index (χ2n) is 14.1. The number of para-hydroxylation sites is 3. The molecule has 3 aromatic heterocycles. The zero-order valence-corrected chi connectivity index (χ0v) is 30.2. The van der Waals surface area contributed by atoms with E-state index in [-0.39, 0.29) is 5.92 Å². The molecule has 0 radical (unpaired) electrons. The van der Waals surface area contributed by atoms with Crippen molar-refractivity contribution in [3.63, 3.8) is 0 Å². The van der Waals surface area contributed by atoms with Crippen molar-refractivity contribution >= 4 is 93.0 Å². The lowest BCUT2D eigenvalue weighted by Crippen LogP contribution is -2.04. The van der Waals surface area contributed by atoms with E-state index in [1.165, 1.54) is 64.0 Å². The molecule has 4 heterocycles. The molecule has 7 aromatic carbocycles. The van der Waals surface area contributed by atoms with Gasteiger partial charge in [0, 0.05) is 59.4 Å². The van der Waals surface area contributed by atoms with E-state index in [0.29, 0.717) is 5.84 Å². The maximum absolute atomic E-state index is 5.43. The molecule has 54 heavy (non-hydrogen) atoms. The van der Waals surface area contributed by atoms with Gasteiger partial charge >= 0.3 is 0 Å². The second kappa shape index (κ2) is 12.5. The van der Waals surface area contributed by atoms with Crippen molar-refractivity contribution in [1.29, 1.82) is 0 Å². The summed E-state index contributed by atoms with van der Waals surface area (Å²) in [4.78, 5) is 10.6. The highest BCUT2D eigenvalue weighted by molar-refractivity contribution is 7.26. The average molecular weight is 711 g/mol. The molecule has 0 spiro atoms. The lowest BCUT2D eigenvalue weighted by Gasteiger charge is -2.12. The smallest absolute Gasteiger partial charge is 0.161 e. The van der Waals surface area contributed by atoms with Gasteiger partial charge in [-0.15, -0.1) is 11.3 Å². The van der Waals surface area contributed by atoms with Crippen LogP contribution in [0.2, 0.25) is 0 Å². The predicted octanol–water partition coefficient (Wildman–Crippen LogP) is 13.2. The Labute approximate surface area is 316 Å². The Morgan fingerprint density at radius 3 is 1.87 bits per heavy atom. The minimum Gasteiger partial charge on any atom is -0.309 e. The molecule has 0 saturated heterocycles. The summed E-state index contributed by atoms with van der Waals surface area (Å²) in [5.74, 6) is 1.80. The van der Waals surface area contributed by atoms with E-state index in [9.17, 15) is 0 Å². The third-order valence-corrected chi connectivity index (χ3v) is 12.1. The Hall–Kier alpha value is -6.56. The lowest BCUT2D eigenvalue weighted by atomic mass is 9.95. The summed E-state index contributed by atoms with van der Waals surface area (Å²) in [7, 11) is 0. The van der Waals surface area contributed by atoms with E-state index in [4.69, 9.17) is 9.98 Å². The molecule has 5 heteroatoms. The van der Waals surface area contributed by atoms with Crippen LogP contribution in [0.5, 0.6) is 0 Å². The van der Waals surface area contributed by atoms with Crippen LogP contribution in [0.4, 0.5) is 0 Å². The van der Waals surface area contributed by atoms with Gasteiger partial charge in [0.25, 0.3) is 0 Å². The zero-order valence-electron chi connectivity index (χ0n) is 29.4. The van der Waals surface area contributed by atoms with Crippen LogP contribution in [0.1, 0.15) is 29.9 Å². The Kier molecular flexibility index (Phi) is 7.20. The Balaban J connectivity index is 1.18. The summed E-state index contributed by atoms with van der Waals surface area (Å²) >= 11 is 1.87. The van der Waals surface area contributed by atoms with Gasteiger partial charge in [0.2, 0.25) is 0 Å². The summed E-state index contributed by atoms with van der Waals surface area (Å²) in [5, 5.41) is 7.51. The molecule has 0 aliphatic carbocycles. The maximum atomic E-state index is 5.43. The van der Waals surface area contributed by atoms with E-state index < -0.39 is 0 Å². The summed E-state index contributed by atoms with van der Waals surface area (Å²) in [6, 6.07) is 59.0. The fourth-order valence-electron chi connectivity index (χ4n) is 8.51. The highest BCUT2D eigenvalue weighted by Crippen LogP contribution is 2.44. The zero-order chi connectivity index (χ0) is 35.6. The maximum Gasteiger partial charge on any atom is 0.161 e. The van der Waals surface area contributed by atoms with E-state index in [1.807, 2.05) is 17.4 Å². The molecule has 11 rings (SSSR count). The third-order valence-electron chi connectivity index (χ3n) is 11.0. The number of rotatable bonds is 4. The molecular formula is C49H34N4S. The number of aromatic nitrogens is 2. The van der Waals surface area contributed by atoms with Gasteiger partial charge in [-0.3, -0.25) is 4.57 Å². The quantitative estimate of drug-likeness (QED) is 0.174. The van der Waals surface area contributed by atoms with Gasteiger partial charge < -0.3 is 4.57 Å². The molecule has 1 atom stereocenters. The van der Waals surface area contributed by atoms with Crippen molar-refractivity contribution < 1.29 is 0 Å². The minimum atomic E-state index is 0.185.